The summed E-state index contributed by atoms with van der Waals surface area (Å²) in [5, 5.41) is 0.293. The molecule has 0 atom stereocenters. The van der Waals surface area contributed by atoms with Crippen LogP contribution in [0.5, 0.6) is 28.7 Å². The highest BCUT2D eigenvalue weighted by molar-refractivity contribution is 5.94. The summed E-state index contributed by atoms with van der Waals surface area (Å²) in [4.78, 5) is 25.7. The van der Waals surface area contributed by atoms with E-state index in [2.05, 4.69) is 0 Å². The smallest absolute Gasteiger partial charge is 0.347 e. The second-order valence-corrected chi connectivity index (χ2v) is 7.05. The van der Waals surface area contributed by atoms with Crippen molar-refractivity contribution in [2.24, 2.45) is 0 Å². The molecule has 0 aliphatic carbocycles. The maximum atomic E-state index is 13.1. The number of ether oxygens (including phenoxy) is 4. The van der Waals surface area contributed by atoms with Gasteiger partial charge in [0.15, 0.2) is 11.5 Å². The van der Waals surface area contributed by atoms with Crippen molar-refractivity contribution < 1.29 is 28.2 Å². The fourth-order valence-corrected chi connectivity index (χ4v) is 3.34. The third-order valence-electron chi connectivity index (χ3n) is 4.89. The van der Waals surface area contributed by atoms with Gasteiger partial charge in [0.25, 0.3) is 0 Å². The minimum atomic E-state index is -0.585. The third-order valence-corrected chi connectivity index (χ3v) is 4.89. The van der Waals surface area contributed by atoms with Crippen LogP contribution in [-0.4, -0.2) is 19.7 Å². The van der Waals surface area contributed by atoms with E-state index in [9.17, 15) is 9.59 Å². The molecule has 0 N–H and O–H groups in total. The highest BCUT2D eigenvalue weighted by Gasteiger charge is 2.18. The predicted molar refractivity (Wildman–Crippen MR) is 123 cm³/mol. The molecule has 33 heavy (non-hydrogen) atoms. The van der Waals surface area contributed by atoms with Crippen LogP contribution < -0.4 is 24.4 Å². The second kappa shape index (κ2) is 9.48. The standard InChI is InChI=1S/C26H22O7/c1-4-30-21-11-7-8-12-22(21)33-25-16(2)31-23-15-17(13-14-18(23)24(25)27)32-26(28)19-9-5-6-10-20(19)29-3/h5-15H,4H2,1-3H3. The molecule has 168 valence electrons. The minimum absolute atomic E-state index is 0.0634. The first-order valence-electron chi connectivity index (χ1n) is 10.3. The first kappa shape index (κ1) is 22.0. The van der Waals surface area contributed by atoms with Gasteiger partial charge in [-0.15, -0.1) is 0 Å². The molecule has 0 unspecified atom stereocenters. The number of hydrogen-bond acceptors (Lipinski definition) is 7. The van der Waals surface area contributed by atoms with Gasteiger partial charge >= 0.3 is 5.97 Å². The van der Waals surface area contributed by atoms with E-state index in [1.165, 1.54) is 25.3 Å². The Balaban J connectivity index is 1.65. The molecule has 7 nitrogen and oxygen atoms in total. The third kappa shape index (κ3) is 4.52. The van der Waals surface area contributed by atoms with E-state index in [0.717, 1.165) is 0 Å². The van der Waals surface area contributed by atoms with Gasteiger partial charge in [-0.25, -0.2) is 4.79 Å². The fourth-order valence-electron chi connectivity index (χ4n) is 3.34. The van der Waals surface area contributed by atoms with Crippen LogP contribution in [0.4, 0.5) is 0 Å². The quantitative estimate of drug-likeness (QED) is 0.273. The summed E-state index contributed by atoms with van der Waals surface area (Å²) in [7, 11) is 1.48. The molecule has 7 heteroatoms. The summed E-state index contributed by atoms with van der Waals surface area (Å²) in [6, 6.07) is 18.4. The van der Waals surface area contributed by atoms with Crippen molar-refractivity contribution in [1.29, 1.82) is 0 Å². The lowest BCUT2D eigenvalue weighted by atomic mass is 10.2. The van der Waals surface area contributed by atoms with Crippen molar-refractivity contribution in [2.45, 2.75) is 13.8 Å². The Morgan fingerprint density at radius 3 is 2.36 bits per heavy atom. The number of esters is 1. The van der Waals surface area contributed by atoms with E-state index >= 15 is 0 Å². The maximum Gasteiger partial charge on any atom is 0.347 e. The lowest BCUT2D eigenvalue weighted by Gasteiger charge is -2.13. The average Bonchev–Trinajstić information content (AvgIpc) is 2.82. The van der Waals surface area contributed by atoms with Crippen molar-refractivity contribution in [3.8, 4) is 28.7 Å². The Labute approximate surface area is 190 Å². The molecule has 4 rings (SSSR count). The Kier molecular flexibility index (Phi) is 6.31. The zero-order valence-corrected chi connectivity index (χ0v) is 18.4. The second-order valence-electron chi connectivity index (χ2n) is 7.05. The minimum Gasteiger partial charge on any atom is -0.496 e. The molecular formula is C26H22O7. The topological polar surface area (TPSA) is 84.2 Å². The number of aryl methyl sites for hydroxylation is 1. The van der Waals surface area contributed by atoms with Gasteiger partial charge in [-0.2, -0.15) is 0 Å². The lowest BCUT2D eigenvalue weighted by molar-refractivity contribution is 0.0731. The normalized spacial score (nSPS) is 10.6. The van der Waals surface area contributed by atoms with Crippen molar-refractivity contribution in [2.75, 3.05) is 13.7 Å². The maximum absolute atomic E-state index is 13.1. The molecule has 0 aliphatic rings. The van der Waals surface area contributed by atoms with Crippen LogP contribution in [0.15, 0.2) is 75.9 Å². The van der Waals surface area contributed by atoms with Gasteiger partial charge in [-0.3, -0.25) is 4.79 Å². The first-order valence-corrected chi connectivity index (χ1v) is 10.3. The van der Waals surface area contributed by atoms with Gasteiger partial charge in [-0.05, 0) is 50.2 Å². The van der Waals surface area contributed by atoms with Gasteiger partial charge in [0.2, 0.25) is 11.2 Å². The largest absolute Gasteiger partial charge is 0.496 e. The summed E-state index contributed by atoms with van der Waals surface area (Å²) in [6.07, 6.45) is 0. The summed E-state index contributed by atoms with van der Waals surface area (Å²) in [5.41, 5.74) is 0.213. The molecule has 1 heterocycles. The van der Waals surface area contributed by atoms with E-state index in [4.69, 9.17) is 23.4 Å². The van der Waals surface area contributed by atoms with Crippen molar-refractivity contribution >= 4 is 16.9 Å². The highest BCUT2D eigenvalue weighted by atomic mass is 16.5. The molecular weight excluding hydrogens is 424 g/mol. The van der Waals surface area contributed by atoms with Crippen molar-refractivity contribution in [3.05, 3.63) is 88.3 Å². The van der Waals surface area contributed by atoms with Crippen LogP contribution in [0, 0.1) is 6.92 Å². The number of rotatable bonds is 7. The zero-order valence-electron chi connectivity index (χ0n) is 18.4. The van der Waals surface area contributed by atoms with Crippen LogP contribution in [0.1, 0.15) is 23.0 Å². The molecule has 0 saturated carbocycles. The summed E-state index contributed by atoms with van der Waals surface area (Å²) in [5.74, 6) is 1.34. The Morgan fingerprint density at radius 2 is 1.64 bits per heavy atom. The number of carbonyl (C=O) groups excluding carboxylic acids is 1. The Morgan fingerprint density at radius 1 is 0.939 bits per heavy atom. The van der Waals surface area contributed by atoms with E-state index in [-0.39, 0.29) is 33.8 Å². The molecule has 0 spiro atoms. The number of fused-ring (bicyclic) bond motifs is 1. The fraction of sp³-hybridized carbons (Fsp3) is 0.154. The van der Waals surface area contributed by atoms with Gasteiger partial charge < -0.3 is 23.4 Å². The van der Waals surface area contributed by atoms with Gasteiger partial charge in [-0.1, -0.05) is 24.3 Å². The Bertz CT molecular complexity index is 1370. The van der Waals surface area contributed by atoms with Crippen LogP contribution in [0.2, 0.25) is 0 Å². The number of benzene rings is 3. The SMILES string of the molecule is CCOc1ccccc1Oc1c(C)oc2cc(OC(=O)c3ccccc3OC)ccc2c1=O. The molecule has 0 saturated heterocycles. The van der Waals surface area contributed by atoms with Crippen LogP contribution in [0.25, 0.3) is 11.0 Å². The van der Waals surface area contributed by atoms with Gasteiger partial charge in [0, 0.05) is 6.07 Å². The molecule has 0 aliphatic heterocycles. The molecule has 4 aromatic rings. The highest BCUT2D eigenvalue weighted by Crippen LogP contribution is 2.33. The van der Waals surface area contributed by atoms with Crippen LogP contribution in [-0.2, 0) is 0 Å². The molecule has 1 aromatic heterocycles. The van der Waals surface area contributed by atoms with E-state index < -0.39 is 5.97 Å². The van der Waals surface area contributed by atoms with Crippen LogP contribution >= 0.6 is 0 Å². The van der Waals surface area contributed by atoms with E-state index in [1.54, 1.807) is 49.4 Å². The molecule has 0 fully saturated rings. The van der Waals surface area contributed by atoms with Crippen LogP contribution in [0.3, 0.4) is 0 Å². The molecule has 3 aromatic carbocycles. The monoisotopic (exact) mass is 446 g/mol. The van der Waals surface area contributed by atoms with Crippen molar-refractivity contribution in [1.82, 2.24) is 0 Å². The first-order chi connectivity index (χ1) is 16.0. The van der Waals surface area contributed by atoms with E-state index in [0.29, 0.717) is 29.2 Å². The number of methoxy groups -OCH3 is 1. The summed E-state index contributed by atoms with van der Waals surface area (Å²) >= 11 is 0. The van der Waals surface area contributed by atoms with Gasteiger partial charge in [0.1, 0.15) is 28.4 Å². The van der Waals surface area contributed by atoms with Gasteiger partial charge in [0.05, 0.1) is 19.1 Å². The molecule has 0 bridgehead atoms. The zero-order chi connectivity index (χ0) is 23.4. The average molecular weight is 446 g/mol. The van der Waals surface area contributed by atoms with Crippen molar-refractivity contribution in [3.63, 3.8) is 0 Å². The van der Waals surface area contributed by atoms with E-state index in [1.807, 2.05) is 13.0 Å². The number of hydrogen-bond donors (Lipinski definition) is 0. The number of para-hydroxylation sites is 3. The molecule has 0 radical (unpaired) electrons. The number of carbonyl (C=O) groups is 1. The lowest BCUT2D eigenvalue weighted by Crippen LogP contribution is -2.11. The Hall–Kier alpha value is -4.26. The molecule has 0 amide bonds. The summed E-state index contributed by atoms with van der Waals surface area (Å²) in [6.45, 7) is 3.96. The summed E-state index contributed by atoms with van der Waals surface area (Å²) < 4.78 is 28.0. The predicted octanol–water partition coefficient (Wildman–Crippen LogP) is 5.52.